The first kappa shape index (κ1) is 13.4. The second-order valence-corrected chi connectivity index (χ2v) is 4.95. The van der Waals surface area contributed by atoms with Gasteiger partial charge in [0.1, 0.15) is 6.07 Å². The molecule has 0 fully saturated rings. The van der Waals surface area contributed by atoms with Gasteiger partial charge >= 0.3 is 0 Å². The zero-order valence-corrected chi connectivity index (χ0v) is 11.5. The molecule has 2 aromatic heterocycles. The molecule has 0 saturated carbocycles. The third-order valence-electron chi connectivity index (χ3n) is 2.50. The van der Waals surface area contributed by atoms with E-state index in [2.05, 4.69) is 17.2 Å². The zero-order chi connectivity index (χ0) is 13.5. The molecule has 0 aliphatic carbocycles. The normalized spacial score (nSPS) is 10.7. The van der Waals surface area contributed by atoms with Crippen molar-refractivity contribution in [3.05, 3.63) is 34.0 Å². The van der Waals surface area contributed by atoms with Crippen molar-refractivity contribution < 1.29 is 4.42 Å². The van der Waals surface area contributed by atoms with Gasteiger partial charge in [0.05, 0.1) is 0 Å². The van der Waals surface area contributed by atoms with Crippen molar-refractivity contribution in [3.63, 3.8) is 0 Å². The monoisotopic (exact) mass is 273 g/mol. The Kier molecular flexibility index (Phi) is 4.76. The molecular weight excluding hydrogens is 258 g/mol. The Morgan fingerprint density at radius 2 is 2.42 bits per heavy atom. The van der Waals surface area contributed by atoms with Gasteiger partial charge in [0.25, 0.3) is 0 Å². The summed E-state index contributed by atoms with van der Waals surface area (Å²) < 4.78 is 5.52. The highest BCUT2D eigenvalue weighted by Gasteiger charge is 2.10. The smallest absolute Gasteiger partial charge is 0.232 e. The number of hydrogen-bond donors (Lipinski definition) is 1. The van der Waals surface area contributed by atoms with Crippen LogP contribution in [0.5, 0.6) is 0 Å². The lowest BCUT2D eigenvalue weighted by Gasteiger charge is -1.99. The van der Waals surface area contributed by atoms with Crippen LogP contribution in [0.3, 0.4) is 0 Å². The Bertz CT molecular complexity index is 578. The van der Waals surface area contributed by atoms with Crippen LogP contribution in [0.25, 0.3) is 12.2 Å². The molecule has 0 radical (unpaired) electrons. The Labute approximate surface area is 116 Å². The summed E-state index contributed by atoms with van der Waals surface area (Å²) in [6.45, 7) is 2.90. The number of nitrogens with one attached hydrogen (secondary N) is 1. The SMILES string of the molecule is CCCCNc1oc(C=Cc2cccs2)nc1C#N. The maximum Gasteiger partial charge on any atom is 0.232 e. The van der Waals surface area contributed by atoms with Crippen LogP contribution in [0.15, 0.2) is 21.9 Å². The Morgan fingerprint density at radius 3 is 3.11 bits per heavy atom. The first-order valence-corrected chi connectivity index (χ1v) is 7.08. The predicted molar refractivity (Wildman–Crippen MR) is 77.9 cm³/mol. The minimum atomic E-state index is 0.307. The average molecular weight is 273 g/mol. The molecule has 19 heavy (non-hydrogen) atoms. The third-order valence-corrected chi connectivity index (χ3v) is 3.34. The van der Waals surface area contributed by atoms with E-state index < -0.39 is 0 Å². The minimum Gasteiger partial charge on any atom is -0.420 e. The molecule has 98 valence electrons. The minimum absolute atomic E-state index is 0.307. The molecule has 2 heterocycles. The highest BCUT2D eigenvalue weighted by Crippen LogP contribution is 2.19. The molecule has 0 saturated heterocycles. The van der Waals surface area contributed by atoms with E-state index >= 15 is 0 Å². The van der Waals surface area contributed by atoms with E-state index in [1.165, 1.54) is 0 Å². The molecule has 1 N–H and O–H groups in total. The Morgan fingerprint density at radius 1 is 1.53 bits per heavy atom. The topological polar surface area (TPSA) is 61.9 Å². The van der Waals surface area contributed by atoms with Crippen molar-refractivity contribution in [3.8, 4) is 6.07 Å². The average Bonchev–Trinajstić information content (AvgIpc) is 3.05. The summed E-state index contributed by atoms with van der Waals surface area (Å²) >= 11 is 1.64. The van der Waals surface area contributed by atoms with Crippen molar-refractivity contribution in [1.82, 2.24) is 4.98 Å². The highest BCUT2D eigenvalue weighted by atomic mass is 32.1. The number of hydrogen-bond acceptors (Lipinski definition) is 5. The Hall–Kier alpha value is -2.06. The molecule has 0 spiro atoms. The summed E-state index contributed by atoms with van der Waals surface area (Å²) in [5, 5.41) is 14.1. The summed E-state index contributed by atoms with van der Waals surface area (Å²) in [5.74, 6) is 0.908. The van der Waals surface area contributed by atoms with Crippen molar-refractivity contribution in [1.29, 1.82) is 5.26 Å². The highest BCUT2D eigenvalue weighted by molar-refractivity contribution is 7.10. The molecule has 2 rings (SSSR count). The van der Waals surface area contributed by atoms with Gasteiger partial charge in [0.2, 0.25) is 17.5 Å². The number of oxazole rings is 1. The molecule has 0 amide bonds. The lowest BCUT2D eigenvalue weighted by atomic mass is 10.3. The summed E-state index contributed by atoms with van der Waals surface area (Å²) in [5.41, 5.74) is 0.307. The number of nitriles is 1. The quantitative estimate of drug-likeness (QED) is 0.808. The van der Waals surface area contributed by atoms with Crippen LogP contribution in [0, 0.1) is 11.3 Å². The van der Waals surface area contributed by atoms with Gasteiger partial charge in [-0.3, -0.25) is 0 Å². The number of anilines is 1. The van der Waals surface area contributed by atoms with Crippen molar-refractivity contribution >= 4 is 29.4 Å². The maximum atomic E-state index is 9.01. The molecule has 4 nitrogen and oxygen atoms in total. The third kappa shape index (κ3) is 3.70. The fourth-order valence-electron chi connectivity index (χ4n) is 1.52. The van der Waals surface area contributed by atoms with Crippen LogP contribution in [0.1, 0.15) is 36.2 Å². The van der Waals surface area contributed by atoms with Gasteiger partial charge in [-0.05, 0) is 23.9 Å². The van der Waals surface area contributed by atoms with E-state index in [9.17, 15) is 0 Å². The first-order valence-electron chi connectivity index (χ1n) is 6.20. The lowest BCUT2D eigenvalue weighted by molar-refractivity contribution is 0.556. The van der Waals surface area contributed by atoms with Crippen molar-refractivity contribution in [2.75, 3.05) is 11.9 Å². The molecule has 0 aliphatic rings. The van der Waals surface area contributed by atoms with Crippen LogP contribution < -0.4 is 5.32 Å². The van der Waals surface area contributed by atoms with Gasteiger partial charge in [-0.1, -0.05) is 19.4 Å². The second kappa shape index (κ2) is 6.76. The van der Waals surface area contributed by atoms with E-state index in [1.807, 2.05) is 29.7 Å². The second-order valence-electron chi connectivity index (χ2n) is 3.97. The zero-order valence-electron chi connectivity index (χ0n) is 10.7. The van der Waals surface area contributed by atoms with Crippen LogP contribution in [0.2, 0.25) is 0 Å². The fourth-order valence-corrected chi connectivity index (χ4v) is 2.14. The van der Waals surface area contributed by atoms with Gasteiger partial charge in [0.15, 0.2) is 0 Å². The number of unbranched alkanes of at least 4 members (excludes halogenated alkanes) is 1. The van der Waals surface area contributed by atoms with E-state index in [4.69, 9.17) is 9.68 Å². The molecule has 0 bridgehead atoms. The van der Waals surface area contributed by atoms with Crippen LogP contribution in [-0.4, -0.2) is 11.5 Å². The molecule has 0 atom stereocenters. The summed E-state index contributed by atoms with van der Waals surface area (Å²) in [6.07, 6.45) is 5.82. The van der Waals surface area contributed by atoms with Crippen LogP contribution >= 0.6 is 11.3 Å². The lowest BCUT2D eigenvalue weighted by Crippen LogP contribution is -2.00. The van der Waals surface area contributed by atoms with Gasteiger partial charge in [-0.2, -0.15) is 10.2 Å². The van der Waals surface area contributed by atoms with Gasteiger partial charge in [-0.15, -0.1) is 11.3 Å². The molecule has 0 aromatic carbocycles. The molecule has 0 unspecified atom stereocenters. The summed E-state index contributed by atoms with van der Waals surface area (Å²) in [6, 6.07) is 6.03. The molecular formula is C14H15N3OS. The van der Waals surface area contributed by atoms with E-state index in [1.54, 1.807) is 17.4 Å². The van der Waals surface area contributed by atoms with Gasteiger partial charge in [0, 0.05) is 17.5 Å². The van der Waals surface area contributed by atoms with E-state index in [0.717, 1.165) is 24.3 Å². The number of nitrogens with zero attached hydrogens (tertiary/aromatic N) is 2. The molecule has 0 aliphatic heterocycles. The number of aromatic nitrogens is 1. The van der Waals surface area contributed by atoms with E-state index in [-0.39, 0.29) is 0 Å². The predicted octanol–water partition coefficient (Wildman–Crippen LogP) is 3.99. The first-order chi connectivity index (χ1) is 9.33. The van der Waals surface area contributed by atoms with Crippen molar-refractivity contribution in [2.45, 2.75) is 19.8 Å². The maximum absolute atomic E-state index is 9.01. The van der Waals surface area contributed by atoms with E-state index in [0.29, 0.717) is 17.5 Å². The van der Waals surface area contributed by atoms with Gasteiger partial charge < -0.3 is 9.73 Å². The summed E-state index contributed by atoms with van der Waals surface area (Å²) in [4.78, 5) is 5.26. The van der Waals surface area contributed by atoms with Crippen molar-refractivity contribution in [2.24, 2.45) is 0 Å². The largest absolute Gasteiger partial charge is 0.420 e. The molecule has 2 aromatic rings. The fraction of sp³-hybridized carbons (Fsp3) is 0.286. The Balaban J connectivity index is 2.08. The number of thiophene rings is 1. The van der Waals surface area contributed by atoms with Gasteiger partial charge in [-0.25, -0.2) is 0 Å². The summed E-state index contributed by atoms with van der Waals surface area (Å²) in [7, 11) is 0. The molecule has 5 heteroatoms. The standard InChI is InChI=1S/C14H15N3OS/c1-2-3-8-16-14-12(10-15)17-13(18-14)7-6-11-5-4-9-19-11/h4-7,9,16H,2-3,8H2,1H3. The van der Waals surface area contributed by atoms with Crippen LogP contribution in [-0.2, 0) is 0 Å². The number of rotatable bonds is 6. The van der Waals surface area contributed by atoms with Crippen LogP contribution in [0.4, 0.5) is 5.88 Å².